The lowest BCUT2D eigenvalue weighted by atomic mass is 10.0. The van der Waals surface area contributed by atoms with E-state index in [1.165, 1.54) is 12.1 Å². The molecule has 0 saturated heterocycles. The lowest BCUT2D eigenvalue weighted by Gasteiger charge is -2.25. The van der Waals surface area contributed by atoms with E-state index < -0.39 is 15.6 Å². The van der Waals surface area contributed by atoms with Gasteiger partial charge in [-0.1, -0.05) is 13.3 Å². The van der Waals surface area contributed by atoms with Crippen LogP contribution in [0.5, 0.6) is 0 Å². The van der Waals surface area contributed by atoms with Gasteiger partial charge < -0.3 is 5.73 Å². The van der Waals surface area contributed by atoms with Gasteiger partial charge in [0.25, 0.3) is 0 Å². The lowest BCUT2D eigenvalue weighted by molar-refractivity contribution is 0.418. The van der Waals surface area contributed by atoms with Crippen LogP contribution in [0.15, 0.2) is 29.2 Å². The Hall–Kier alpha value is -1.07. The molecule has 0 saturated carbocycles. The molecule has 0 heterocycles. The Bertz CT molecular complexity index is 464. The first-order valence-corrected chi connectivity index (χ1v) is 7.15. The van der Waals surface area contributed by atoms with Gasteiger partial charge in [-0.2, -0.15) is 0 Å². The number of nitrogens with one attached hydrogen (secondary N) is 1. The summed E-state index contributed by atoms with van der Waals surface area (Å²) in [5.41, 5.74) is 5.65. The Balaban J connectivity index is 2.93. The maximum atomic E-state index is 12.1. The molecule has 0 atom stereocenters. The summed E-state index contributed by atoms with van der Waals surface area (Å²) in [4.78, 5) is 0.246. The maximum absolute atomic E-state index is 12.1. The molecule has 0 bridgehead atoms. The van der Waals surface area contributed by atoms with E-state index in [2.05, 4.69) is 4.72 Å². The van der Waals surface area contributed by atoms with Crippen molar-refractivity contribution >= 4 is 15.7 Å². The molecule has 0 aliphatic rings. The molecule has 0 aliphatic carbocycles. The van der Waals surface area contributed by atoms with Gasteiger partial charge in [0, 0.05) is 11.2 Å². The minimum atomic E-state index is -3.46. The Morgan fingerprint density at radius 2 is 1.76 bits per heavy atom. The SMILES string of the molecule is CCCC(C)(C)NS(=O)(=O)c1ccc(N)cc1. The van der Waals surface area contributed by atoms with Crippen LogP contribution in [-0.4, -0.2) is 14.0 Å². The molecule has 5 heteroatoms. The third kappa shape index (κ3) is 4.02. The first kappa shape index (κ1) is 14.0. The summed E-state index contributed by atoms with van der Waals surface area (Å²) in [6.07, 6.45) is 1.72. The molecular formula is C12H20N2O2S. The minimum absolute atomic E-state index is 0.246. The zero-order chi connectivity index (χ0) is 13.1. The lowest BCUT2D eigenvalue weighted by Crippen LogP contribution is -2.43. The number of hydrogen-bond acceptors (Lipinski definition) is 3. The summed E-state index contributed by atoms with van der Waals surface area (Å²) < 4.78 is 26.9. The van der Waals surface area contributed by atoms with Crippen molar-refractivity contribution in [3.05, 3.63) is 24.3 Å². The molecule has 0 spiro atoms. The van der Waals surface area contributed by atoms with Crippen molar-refractivity contribution in [2.75, 3.05) is 5.73 Å². The topological polar surface area (TPSA) is 72.2 Å². The molecule has 0 aliphatic heterocycles. The summed E-state index contributed by atoms with van der Waals surface area (Å²) in [6, 6.07) is 6.20. The number of hydrogen-bond donors (Lipinski definition) is 2. The van der Waals surface area contributed by atoms with Gasteiger partial charge in [-0.25, -0.2) is 13.1 Å². The Kier molecular flexibility index (Phi) is 4.16. The van der Waals surface area contributed by atoms with Crippen LogP contribution in [0.4, 0.5) is 5.69 Å². The van der Waals surface area contributed by atoms with Crippen LogP contribution < -0.4 is 10.5 Å². The van der Waals surface area contributed by atoms with Crippen molar-refractivity contribution in [1.29, 1.82) is 0 Å². The second kappa shape index (κ2) is 5.06. The number of anilines is 1. The van der Waals surface area contributed by atoms with Crippen LogP contribution in [0.3, 0.4) is 0 Å². The first-order chi connectivity index (χ1) is 7.77. The van der Waals surface area contributed by atoms with Crippen molar-refractivity contribution in [2.45, 2.75) is 44.0 Å². The Morgan fingerprint density at radius 3 is 2.24 bits per heavy atom. The first-order valence-electron chi connectivity index (χ1n) is 5.66. The van der Waals surface area contributed by atoms with E-state index in [4.69, 9.17) is 5.73 Å². The predicted molar refractivity (Wildman–Crippen MR) is 70.2 cm³/mol. The van der Waals surface area contributed by atoms with Crippen LogP contribution in [0.2, 0.25) is 0 Å². The Morgan fingerprint density at radius 1 is 1.24 bits per heavy atom. The summed E-state index contributed by atoms with van der Waals surface area (Å²) >= 11 is 0. The fourth-order valence-corrected chi connectivity index (χ4v) is 3.19. The van der Waals surface area contributed by atoms with E-state index in [0.717, 1.165) is 12.8 Å². The number of sulfonamides is 1. The fraction of sp³-hybridized carbons (Fsp3) is 0.500. The van der Waals surface area contributed by atoms with Gasteiger partial charge in [0.05, 0.1) is 4.90 Å². The van der Waals surface area contributed by atoms with Crippen LogP contribution in [0, 0.1) is 0 Å². The second-order valence-corrected chi connectivity index (χ2v) is 6.49. The van der Waals surface area contributed by atoms with E-state index in [1.54, 1.807) is 12.1 Å². The average Bonchev–Trinajstić information content (AvgIpc) is 2.16. The monoisotopic (exact) mass is 256 g/mol. The minimum Gasteiger partial charge on any atom is -0.399 e. The van der Waals surface area contributed by atoms with E-state index in [-0.39, 0.29) is 4.90 Å². The summed E-state index contributed by atoms with van der Waals surface area (Å²) in [5.74, 6) is 0. The molecule has 0 unspecified atom stereocenters. The summed E-state index contributed by atoms with van der Waals surface area (Å²) in [7, 11) is -3.46. The average molecular weight is 256 g/mol. The normalized spacial score (nSPS) is 12.6. The highest BCUT2D eigenvalue weighted by Crippen LogP contribution is 2.17. The van der Waals surface area contributed by atoms with Crippen molar-refractivity contribution < 1.29 is 8.42 Å². The predicted octanol–water partition coefficient (Wildman–Crippen LogP) is 2.13. The van der Waals surface area contributed by atoms with Crippen LogP contribution in [-0.2, 0) is 10.0 Å². The quantitative estimate of drug-likeness (QED) is 0.793. The number of nitrogens with two attached hydrogens (primary N) is 1. The van der Waals surface area contributed by atoms with E-state index in [0.29, 0.717) is 5.69 Å². The van der Waals surface area contributed by atoms with E-state index in [9.17, 15) is 8.42 Å². The van der Waals surface area contributed by atoms with Gasteiger partial charge in [0.1, 0.15) is 0 Å². The highest BCUT2D eigenvalue weighted by molar-refractivity contribution is 7.89. The fourth-order valence-electron chi connectivity index (χ4n) is 1.75. The Labute approximate surface area is 103 Å². The van der Waals surface area contributed by atoms with Crippen LogP contribution in [0.1, 0.15) is 33.6 Å². The molecule has 1 aromatic rings. The molecule has 96 valence electrons. The summed E-state index contributed by atoms with van der Waals surface area (Å²) in [5, 5.41) is 0. The zero-order valence-electron chi connectivity index (χ0n) is 10.5. The number of nitrogen functional groups attached to an aromatic ring is 1. The standard InChI is InChI=1S/C12H20N2O2S/c1-4-9-12(2,3)14-17(15,16)11-7-5-10(13)6-8-11/h5-8,14H,4,9,13H2,1-3H3. The van der Waals surface area contributed by atoms with Crippen molar-refractivity contribution in [3.63, 3.8) is 0 Å². The molecule has 1 aromatic carbocycles. The molecule has 0 fully saturated rings. The van der Waals surface area contributed by atoms with Crippen molar-refractivity contribution in [1.82, 2.24) is 4.72 Å². The van der Waals surface area contributed by atoms with Crippen molar-refractivity contribution in [2.24, 2.45) is 0 Å². The molecular weight excluding hydrogens is 236 g/mol. The third-order valence-electron chi connectivity index (χ3n) is 2.48. The van der Waals surface area contributed by atoms with Crippen LogP contribution >= 0.6 is 0 Å². The molecule has 0 amide bonds. The number of rotatable bonds is 5. The van der Waals surface area contributed by atoms with Gasteiger partial charge in [-0.05, 0) is 44.5 Å². The molecule has 1 rings (SSSR count). The van der Waals surface area contributed by atoms with Gasteiger partial charge >= 0.3 is 0 Å². The van der Waals surface area contributed by atoms with Crippen molar-refractivity contribution in [3.8, 4) is 0 Å². The van der Waals surface area contributed by atoms with E-state index >= 15 is 0 Å². The zero-order valence-corrected chi connectivity index (χ0v) is 11.3. The molecule has 3 N–H and O–H groups in total. The third-order valence-corrected chi connectivity index (χ3v) is 4.19. The van der Waals surface area contributed by atoms with Gasteiger partial charge in [0.2, 0.25) is 10.0 Å². The smallest absolute Gasteiger partial charge is 0.241 e. The second-order valence-electron chi connectivity index (χ2n) is 4.81. The molecule has 0 aromatic heterocycles. The van der Waals surface area contributed by atoms with E-state index in [1.807, 2.05) is 20.8 Å². The number of benzene rings is 1. The molecule has 4 nitrogen and oxygen atoms in total. The molecule has 17 heavy (non-hydrogen) atoms. The largest absolute Gasteiger partial charge is 0.399 e. The van der Waals surface area contributed by atoms with Gasteiger partial charge in [-0.15, -0.1) is 0 Å². The van der Waals surface area contributed by atoms with Crippen LogP contribution in [0.25, 0.3) is 0 Å². The maximum Gasteiger partial charge on any atom is 0.241 e. The molecule has 0 radical (unpaired) electrons. The summed E-state index contributed by atoms with van der Waals surface area (Å²) in [6.45, 7) is 5.79. The van der Waals surface area contributed by atoms with Gasteiger partial charge in [-0.3, -0.25) is 0 Å². The highest BCUT2D eigenvalue weighted by Gasteiger charge is 2.25. The highest BCUT2D eigenvalue weighted by atomic mass is 32.2. The van der Waals surface area contributed by atoms with Gasteiger partial charge in [0.15, 0.2) is 0 Å².